The van der Waals surface area contributed by atoms with Crippen LogP contribution in [-0.2, 0) is 4.79 Å². The summed E-state index contributed by atoms with van der Waals surface area (Å²) in [4.78, 5) is 25.8. The molecule has 1 aliphatic heterocycles. The van der Waals surface area contributed by atoms with Crippen LogP contribution in [0, 0.1) is 10.1 Å². The average Bonchev–Trinajstić information content (AvgIpc) is 3.20. The summed E-state index contributed by atoms with van der Waals surface area (Å²) in [7, 11) is 0. The van der Waals surface area contributed by atoms with Gasteiger partial charge in [-0.15, -0.1) is 0 Å². The van der Waals surface area contributed by atoms with Crippen LogP contribution in [0.2, 0.25) is 10.0 Å². The Bertz CT molecular complexity index is 1490. The number of amides is 1. The van der Waals surface area contributed by atoms with Crippen LogP contribution < -0.4 is 15.0 Å². The molecule has 4 aromatic carbocycles. The molecule has 0 spiro atoms. The maximum absolute atomic E-state index is 13.7. The SMILES string of the molecule is O=C1/C(=C/c2cccc(Oc3ccccc3)c2)N[C@@H](c2ccccc2)N1c1c(Cl)cc([N+](=O)[O-])cc1Cl. The van der Waals surface area contributed by atoms with Gasteiger partial charge < -0.3 is 10.1 Å². The fourth-order valence-electron chi connectivity index (χ4n) is 4.07. The van der Waals surface area contributed by atoms with E-state index in [2.05, 4.69) is 5.32 Å². The maximum atomic E-state index is 13.7. The third kappa shape index (κ3) is 5.14. The average molecular weight is 532 g/mol. The van der Waals surface area contributed by atoms with Gasteiger partial charge in [0, 0.05) is 12.1 Å². The molecule has 0 unspecified atom stereocenters. The Morgan fingerprint density at radius 2 is 1.49 bits per heavy atom. The lowest BCUT2D eigenvalue weighted by Crippen LogP contribution is -2.30. The smallest absolute Gasteiger partial charge is 0.276 e. The molecule has 4 aromatic rings. The normalized spacial score (nSPS) is 16.1. The van der Waals surface area contributed by atoms with Crippen molar-refractivity contribution in [3.63, 3.8) is 0 Å². The van der Waals surface area contributed by atoms with Crippen molar-refractivity contribution in [2.45, 2.75) is 6.17 Å². The molecule has 1 atom stereocenters. The summed E-state index contributed by atoms with van der Waals surface area (Å²) >= 11 is 12.9. The van der Waals surface area contributed by atoms with Crippen LogP contribution in [-0.4, -0.2) is 10.8 Å². The Labute approximate surface area is 222 Å². The minimum atomic E-state index is -0.639. The lowest BCUT2D eigenvalue weighted by Gasteiger charge is -2.25. The first kappa shape index (κ1) is 24.4. The molecule has 0 aromatic heterocycles. The highest BCUT2D eigenvalue weighted by molar-refractivity contribution is 6.40. The molecule has 0 radical (unpaired) electrons. The quantitative estimate of drug-likeness (QED) is 0.159. The van der Waals surface area contributed by atoms with Crippen LogP contribution >= 0.6 is 23.2 Å². The van der Waals surface area contributed by atoms with Crippen molar-refractivity contribution in [1.29, 1.82) is 0 Å². The van der Waals surface area contributed by atoms with Gasteiger partial charge in [0.15, 0.2) is 0 Å². The van der Waals surface area contributed by atoms with Crippen molar-refractivity contribution in [1.82, 2.24) is 5.32 Å². The number of rotatable bonds is 6. The van der Waals surface area contributed by atoms with E-state index in [1.165, 1.54) is 17.0 Å². The van der Waals surface area contributed by atoms with Crippen LogP contribution in [0.1, 0.15) is 17.3 Å². The standard InChI is InChI=1S/C28H19Cl2N3O4/c29-23-16-20(33(35)36)17-24(30)26(23)32-27(19-9-3-1-4-10-19)31-25(28(32)34)15-18-8-7-13-22(14-18)37-21-11-5-2-6-12-21/h1-17,27,31H/b25-15-/t27-/m1/s1. The topological polar surface area (TPSA) is 84.7 Å². The Balaban J connectivity index is 1.54. The van der Waals surface area contributed by atoms with Gasteiger partial charge in [-0.1, -0.05) is 83.9 Å². The summed E-state index contributed by atoms with van der Waals surface area (Å²) in [6, 6.07) is 28.4. The Hall–Kier alpha value is -4.33. The van der Waals surface area contributed by atoms with E-state index in [0.717, 1.165) is 11.1 Å². The van der Waals surface area contributed by atoms with Gasteiger partial charge in [-0.3, -0.25) is 19.8 Å². The lowest BCUT2D eigenvalue weighted by molar-refractivity contribution is -0.384. The van der Waals surface area contributed by atoms with Gasteiger partial charge in [-0.05, 0) is 41.5 Å². The van der Waals surface area contributed by atoms with Crippen LogP contribution in [0.25, 0.3) is 6.08 Å². The molecule has 0 aliphatic carbocycles. The number of non-ortho nitro benzene ring substituents is 1. The summed E-state index contributed by atoms with van der Waals surface area (Å²) in [5.41, 5.74) is 1.74. The first-order chi connectivity index (χ1) is 17.9. The van der Waals surface area contributed by atoms with Gasteiger partial charge >= 0.3 is 0 Å². The molecule has 7 nitrogen and oxygen atoms in total. The molecule has 1 aliphatic rings. The molecular weight excluding hydrogens is 513 g/mol. The number of anilines is 1. The number of nitro groups is 1. The van der Waals surface area contributed by atoms with E-state index in [-0.39, 0.29) is 27.3 Å². The van der Waals surface area contributed by atoms with E-state index in [4.69, 9.17) is 27.9 Å². The monoisotopic (exact) mass is 531 g/mol. The molecule has 5 rings (SSSR count). The van der Waals surface area contributed by atoms with E-state index in [1.807, 2.05) is 84.9 Å². The number of ether oxygens (including phenoxy) is 1. The summed E-state index contributed by atoms with van der Waals surface area (Å²) < 4.78 is 5.92. The fraction of sp³-hybridized carbons (Fsp3) is 0.0357. The van der Waals surface area contributed by atoms with Crippen LogP contribution in [0.3, 0.4) is 0 Å². The lowest BCUT2D eigenvalue weighted by atomic mass is 10.1. The highest BCUT2D eigenvalue weighted by atomic mass is 35.5. The van der Waals surface area contributed by atoms with Crippen molar-refractivity contribution in [2.75, 3.05) is 4.90 Å². The molecule has 1 N–H and O–H groups in total. The Morgan fingerprint density at radius 3 is 2.14 bits per heavy atom. The Kier molecular flexibility index (Phi) is 6.81. The molecule has 0 saturated carbocycles. The van der Waals surface area contributed by atoms with Gasteiger partial charge in [0.05, 0.1) is 20.7 Å². The molecule has 1 saturated heterocycles. The van der Waals surface area contributed by atoms with E-state index < -0.39 is 11.1 Å². The van der Waals surface area contributed by atoms with Crippen molar-refractivity contribution in [2.24, 2.45) is 0 Å². The van der Waals surface area contributed by atoms with E-state index >= 15 is 0 Å². The third-order valence-corrected chi connectivity index (χ3v) is 6.29. The third-order valence-electron chi connectivity index (χ3n) is 5.72. The zero-order chi connectivity index (χ0) is 25.9. The summed E-state index contributed by atoms with van der Waals surface area (Å²) in [6.07, 6.45) is 1.07. The second-order valence-corrected chi connectivity index (χ2v) is 9.01. The van der Waals surface area contributed by atoms with Crippen LogP contribution in [0.15, 0.2) is 103 Å². The number of benzene rings is 4. The largest absolute Gasteiger partial charge is 0.457 e. The van der Waals surface area contributed by atoms with Gasteiger partial charge in [-0.25, -0.2) is 0 Å². The maximum Gasteiger partial charge on any atom is 0.276 e. The number of nitrogens with zero attached hydrogens (tertiary/aromatic N) is 2. The fourth-order valence-corrected chi connectivity index (χ4v) is 4.73. The number of halogens is 2. The predicted molar refractivity (Wildman–Crippen MR) is 144 cm³/mol. The van der Waals surface area contributed by atoms with Crippen LogP contribution in [0.4, 0.5) is 11.4 Å². The molecule has 0 bridgehead atoms. The zero-order valence-corrected chi connectivity index (χ0v) is 20.7. The van der Waals surface area contributed by atoms with E-state index in [0.29, 0.717) is 17.2 Å². The van der Waals surface area contributed by atoms with Crippen LogP contribution in [0.5, 0.6) is 11.5 Å². The minimum Gasteiger partial charge on any atom is -0.457 e. The summed E-state index contributed by atoms with van der Waals surface area (Å²) in [5.74, 6) is 0.921. The zero-order valence-electron chi connectivity index (χ0n) is 19.2. The number of nitrogens with one attached hydrogen (secondary N) is 1. The first-order valence-corrected chi connectivity index (χ1v) is 12.0. The van der Waals surface area contributed by atoms with Crippen molar-refractivity contribution in [3.8, 4) is 11.5 Å². The van der Waals surface area contributed by atoms with Crippen molar-refractivity contribution in [3.05, 3.63) is 134 Å². The summed E-state index contributed by atoms with van der Waals surface area (Å²) in [5, 5.41) is 14.5. The molecule has 9 heteroatoms. The molecule has 1 amide bonds. The van der Waals surface area contributed by atoms with Gasteiger partial charge in [-0.2, -0.15) is 0 Å². The van der Waals surface area contributed by atoms with Gasteiger partial charge in [0.2, 0.25) is 0 Å². The molecule has 1 fully saturated rings. The second kappa shape index (κ2) is 10.3. The minimum absolute atomic E-state index is 0.00482. The van der Waals surface area contributed by atoms with Crippen molar-refractivity contribution >= 4 is 46.6 Å². The highest BCUT2D eigenvalue weighted by Crippen LogP contribution is 2.43. The van der Waals surface area contributed by atoms with E-state index in [9.17, 15) is 14.9 Å². The second-order valence-electron chi connectivity index (χ2n) is 8.19. The predicted octanol–water partition coefficient (Wildman–Crippen LogP) is 7.37. The number of carbonyl (C=O) groups excluding carboxylic acids is 1. The van der Waals surface area contributed by atoms with E-state index in [1.54, 1.807) is 6.08 Å². The molecular formula is C28H19Cl2N3O4. The summed E-state index contributed by atoms with van der Waals surface area (Å²) in [6.45, 7) is 0. The number of carbonyl (C=O) groups is 1. The van der Waals surface area contributed by atoms with Crippen molar-refractivity contribution < 1.29 is 14.5 Å². The molecule has 37 heavy (non-hydrogen) atoms. The van der Waals surface area contributed by atoms with Gasteiger partial charge in [0.1, 0.15) is 23.4 Å². The number of hydrogen-bond donors (Lipinski definition) is 1. The van der Waals surface area contributed by atoms with Gasteiger partial charge in [0.25, 0.3) is 11.6 Å². The number of para-hydroxylation sites is 1. The first-order valence-electron chi connectivity index (χ1n) is 11.2. The Morgan fingerprint density at radius 1 is 0.865 bits per heavy atom. The molecule has 184 valence electrons. The number of hydrogen-bond acceptors (Lipinski definition) is 5. The highest BCUT2D eigenvalue weighted by Gasteiger charge is 2.39. The number of nitro benzene ring substituents is 1. The molecule has 1 heterocycles.